The van der Waals surface area contributed by atoms with E-state index < -0.39 is 11.4 Å². The molecule has 1 saturated carbocycles. The molecule has 2 fully saturated rings. The van der Waals surface area contributed by atoms with Crippen molar-refractivity contribution in [1.82, 2.24) is 19.0 Å². The molecule has 1 aliphatic carbocycles. The van der Waals surface area contributed by atoms with Crippen molar-refractivity contribution in [3.05, 3.63) is 47.8 Å². The van der Waals surface area contributed by atoms with Gasteiger partial charge < -0.3 is 29.8 Å². The van der Waals surface area contributed by atoms with Crippen LogP contribution in [0.2, 0.25) is 0 Å². The molecule has 1 amide bonds. The molecule has 216 valence electrons. The standard InChI is InChI=1S/C32H39FN6O2/c1-5-21-17-37(12-11-32(2,3)41)25-8-6-7-18-15-26(39(21)28(18)25)30-35-23-14-20(13-22(33)29(23)36(30)4)31(40)38-16-19-9-10-24(38)27(19)34/h6-8,13-15,19,21,24,27,41H,5,9-12,16-17,34H2,1-4H3/t19-,21?,24-,27-/m1/s1. The number of benzene rings is 2. The summed E-state index contributed by atoms with van der Waals surface area (Å²) in [6.07, 6.45) is 3.55. The fraction of sp³-hybridized carbons (Fsp3) is 0.500. The lowest BCUT2D eigenvalue weighted by Gasteiger charge is -2.37. The minimum Gasteiger partial charge on any atom is -0.390 e. The number of nitrogens with two attached hydrogens (primary N) is 1. The number of fused-ring (bicyclic) bond motifs is 3. The zero-order chi connectivity index (χ0) is 28.8. The van der Waals surface area contributed by atoms with E-state index in [2.05, 4.69) is 40.7 Å². The lowest BCUT2D eigenvalue weighted by atomic mass is 10.0. The van der Waals surface area contributed by atoms with Crippen LogP contribution in [0.5, 0.6) is 0 Å². The van der Waals surface area contributed by atoms with Crippen molar-refractivity contribution in [3.63, 3.8) is 0 Å². The van der Waals surface area contributed by atoms with Gasteiger partial charge in [-0.25, -0.2) is 9.37 Å². The topological polar surface area (TPSA) is 92.6 Å². The fourth-order valence-corrected chi connectivity index (χ4v) is 7.54. The van der Waals surface area contributed by atoms with Crippen LogP contribution in [0.25, 0.3) is 33.5 Å². The Labute approximate surface area is 239 Å². The van der Waals surface area contributed by atoms with Crippen molar-refractivity contribution < 1.29 is 14.3 Å². The minimum atomic E-state index is -0.738. The number of anilines is 1. The highest BCUT2D eigenvalue weighted by molar-refractivity contribution is 6.00. The molecule has 3 aliphatic rings. The fourth-order valence-electron chi connectivity index (χ4n) is 7.54. The van der Waals surface area contributed by atoms with Crippen LogP contribution >= 0.6 is 0 Å². The summed E-state index contributed by atoms with van der Waals surface area (Å²) in [5.41, 5.74) is 10.0. The smallest absolute Gasteiger partial charge is 0.254 e. The first-order chi connectivity index (χ1) is 19.6. The van der Waals surface area contributed by atoms with Gasteiger partial charge in [-0.05, 0) is 69.7 Å². The second-order valence-electron chi connectivity index (χ2n) is 12.9. The Bertz CT molecular complexity index is 1680. The Morgan fingerprint density at radius 1 is 1.17 bits per heavy atom. The van der Waals surface area contributed by atoms with Crippen LogP contribution in [-0.2, 0) is 7.05 Å². The van der Waals surface area contributed by atoms with Crippen LogP contribution < -0.4 is 10.6 Å². The number of nitrogens with zero attached hydrogens (tertiary/aromatic N) is 5. The largest absolute Gasteiger partial charge is 0.390 e. The summed E-state index contributed by atoms with van der Waals surface area (Å²) in [5.74, 6) is 0.408. The number of carbonyl (C=O) groups excluding carboxylic acids is 1. The molecule has 1 unspecified atom stereocenters. The molecular weight excluding hydrogens is 519 g/mol. The van der Waals surface area contributed by atoms with Crippen LogP contribution in [0.4, 0.5) is 10.1 Å². The van der Waals surface area contributed by atoms with Gasteiger partial charge in [0.25, 0.3) is 5.91 Å². The monoisotopic (exact) mass is 558 g/mol. The van der Waals surface area contributed by atoms with E-state index in [9.17, 15) is 9.90 Å². The predicted molar refractivity (Wildman–Crippen MR) is 160 cm³/mol. The molecule has 3 N–H and O–H groups in total. The highest BCUT2D eigenvalue weighted by Gasteiger charge is 2.47. The van der Waals surface area contributed by atoms with Gasteiger partial charge in [0.1, 0.15) is 11.3 Å². The number of aliphatic hydroxyl groups is 1. The van der Waals surface area contributed by atoms with Gasteiger partial charge in [0.2, 0.25) is 0 Å². The van der Waals surface area contributed by atoms with Crippen LogP contribution in [-0.4, -0.2) is 67.4 Å². The van der Waals surface area contributed by atoms with E-state index in [4.69, 9.17) is 10.7 Å². The van der Waals surface area contributed by atoms with E-state index in [0.717, 1.165) is 54.6 Å². The summed E-state index contributed by atoms with van der Waals surface area (Å²) in [6.45, 7) is 8.11. The highest BCUT2D eigenvalue weighted by Crippen LogP contribution is 2.42. The minimum absolute atomic E-state index is 0.0110. The second-order valence-corrected chi connectivity index (χ2v) is 12.9. The van der Waals surface area contributed by atoms with E-state index in [0.29, 0.717) is 41.3 Å². The SMILES string of the molecule is CCC1CN(CCC(C)(C)O)c2cccc3cc(-c4nc5cc(C(=O)N6C[C@H]7CC[C@@H]6[C@@H]7N)cc(F)c5n4C)n1c23. The summed E-state index contributed by atoms with van der Waals surface area (Å²) < 4.78 is 19.9. The molecule has 4 aromatic rings. The van der Waals surface area contributed by atoms with Gasteiger partial charge in [-0.3, -0.25) is 4.79 Å². The van der Waals surface area contributed by atoms with Crippen molar-refractivity contribution in [2.75, 3.05) is 24.5 Å². The molecule has 2 bridgehead atoms. The van der Waals surface area contributed by atoms with E-state index in [1.54, 1.807) is 6.07 Å². The van der Waals surface area contributed by atoms with Crippen molar-refractivity contribution in [1.29, 1.82) is 0 Å². The molecule has 2 aromatic carbocycles. The maximum atomic E-state index is 15.7. The van der Waals surface area contributed by atoms with Crippen molar-refractivity contribution >= 4 is 33.5 Å². The normalized spacial score (nSPS) is 23.9. The molecule has 2 aromatic heterocycles. The molecule has 41 heavy (non-hydrogen) atoms. The van der Waals surface area contributed by atoms with Gasteiger partial charge in [-0.15, -0.1) is 0 Å². The van der Waals surface area contributed by atoms with Gasteiger partial charge in [0, 0.05) is 49.7 Å². The summed E-state index contributed by atoms with van der Waals surface area (Å²) in [4.78, 5) is 22.6. The van der Waals surface area contributed by atoms with Crippen LogP contribution in [0.1, 0.15) is 62.9 Å². The summed E-state index contributed by atoms with van der Waals surface area (Å²) >= 11 is 0. The Morgan fingerprint density at radius 3 is 2.66 bits per heavy atom. The van der Waals surface area contributed by atoms with Crippen LogP contribution in [0.15, 0.2) is 36.4 Å². The first-order valence-electron chi connectivity index (χ1n) is 14.9. The molecule has 9 heteroatoms. The number of rotatable bonds is 6. The molecule has 0 radical (unpaired) electrons. The number of amides is 1. The van der Waals surface area contributed by atoms with Crippen molar-refractivity contribution in [2.24, 2.45) is 18.7 Å². The Kier molecular flexibility index (Phi) is 6.00. The molecular formula is C32H39FN6O2. The van der Waals surface area contributed by atoms with Gasteiger partial charge in [0.15, 0.2) is 5.82 Å². The van der Waals surface area contributed by atoms with E-state index in [-0.39, 0.29) is 24.0 Å². The number of aromatic nitrogens is 3. The second kappa shape index (κ2) is 9.29. The maximum Gasteiger partial charge on any atom is 0.254 e. The molecule has 4 heterocycles. The maximum absolute atomic E-state index is 15.7. The van der Waals surface area contributed by atoms with Gasteiger partial charge in [-0.2, -0.15) is 0 Å². The first kappa shape index (κ1) is 26.5. The number of hydrogen-bond acceptors (Lipinski definition) is 5. The third-order valence-electron chi connectivity index (χ3n) is 9.75. The third kappa shape index (κ3) is 4.07. The Balaban J connectivity index is 1.31. The predicted octanol–water partition coefficient (Wildman–Crippen LogP) is 4.83. The number of likely N-dealkylation sites (tertiary alicyclic amines) is 1. The number of hydrogen-bond donors (Lipinski definition) is 2. The van der Waals surface area contributed by atoms with E-state index in [1.165, 1.54) is 6.07 Å². The summed E-state index contributed by atoms with van der Waals surface area (Å²) in [6, 6.07) is 11.8. The average molecular weight is 559 g/mol. The lowest BCUT2D eigenvalue weighted by molar-refractivity contribution is 0.0699. The quantitative estimate of drug-likeness (QED) is 0.354. The molecule has 7 rings (SSSR count). The Morgan fingerprint density at radius 2 is 1.98 bits per heavy atom. The number of piperidine rings is 1. The number of imidazole rings is 1. The number of aryl methyl sites for hydroxylation is 1. The molecule has 2 aliphatic heterocycles. The number of para-hydroxylation sites is 1. The van der Waals surface area contributed by atoms with Gasteiger partial charge >= 0.3 is 0 Å². The van der Waals surface area contributed by atoms with Gasteiger partial charge in [0.05, 0.1) is 34.1 Å². The number of halogens is 1. The zero-order valence-corrected chi connectivity index (χ0v) is 24.3. The first-order valence-corrected chi connectivity index (χ1v) is 14.9. The molecule has 1 saturated heterocycles. The lowest BCUT2D eigenvalue weighted by Crippen LogP contribution is -2.41. The van der Waals surface area contributed by atoms with E-state index >= 15 is 4.39 Å². The Hall–Kier alpha value is -3.43. The molecule has 0 spiro atoms. The van der Waals surface area contributed by atoms with Crippen molar-refractivity contribution in [2.45, 2.75) is 70.2 Å². The average Bonchev–Trinajstić information content (AvgIpc) is 3.68. The molecule has 8 nitrogen and oxygen atoms in total. The third-order valence-corrected chi connectivity index (χ3v) is 9.75. The zero-order valence-electron chi connectivity index (χ0n) is 24.3. The molecule has 4 atom stereocenters. The summed E-state index contributed by atoms with van der Waals surface area (Å²) in [7, 11) is 1.85. The van der Waals surface area contributed by atoms with Gasteiger partial charge in [-0.1, -0.05) is 19.1 Å². The summed E-state index contributed by atoms with van der Waals surface area (Å²) in [5, 5.41) is 11.5. The van der Waals surface area contributed by atoms with Crippen LogP contribution in [0.3, 0.4) is 0 Å². The van der Waals surface area contributed by atoms with Crippen molar-refractivity contribution in [3.8, 4) is 11.5 Å². The number of carbonyl (C=O) groups is 1. The highest BCUT2D eigenvalue weighted by atomic mass is 19.1. The van der Waals surface area contributed by atoms with E-state index in [1.807, 2.05) is 30.4 Å². The van der Waals surface area contributed by atoms with Crippen LogP contribution in [0, 0.1) is 11.7 Å².